The molecule has 0 spiro atoms. The minimum atomic E-state index is -1.00. The lowest BCUT2D eigenvalue weighted by atomic mass is 10.4. The van der Waals surface area contributed by atoms with Gasteiger partial charge < -0.3 is 17.0 Å². The smallest absolute Gasteiger partial charge is 0.321 e. The van der Waals surface area contributed by atoms with Crippen LogP contribution in [0.25, 0.3) is 0 Å². The van der Waals surface area contributed by atoms with Crippen molar-refractivity contribution in [1.29, 1.82) is 0 Å². The fraction of sp³-hybridized carbons (Fsp3) is 0.667. The molecule has 4 nitrogen and oxygen atoms in total. The molecule has 0 aliphatic rings. The molecule has 6 N–H and O–H groups in total. The molecule has 0 amide bonds. The molecular weight excluding hydrogens is 128 g/mol. The summed E-state index contributed by atoms with van der Waals surface area (Å²) in [6.45, 7) is 0. The molecule has 1 atom stereocenters. The number of hydrogen-bond acceptors (Lipinski definition) is 4. The number of carbonyl (C=O) groups is 1. The molecule has 0 heterocycles. The Morgan fingerprint density at radius 1 is 1.88 bits per heavy atom. The van der Waals surface area contributed by atoms with E-state index < -0.39 is 12.0 Å². The maximum atomic E-state index is 9.76. The zero-order valence-electron chi connectivity index (χ0n) is 4.37. The van der Waals surface area contributed by atoms with Gasteiger partial charge in [0.05, 0.1) is 0 Å². The molecule has 50 valence electrons. The Balaban J connectivity index is 0. The van der Waals surface area contributed by atoms with Gasteiger partial charge in [0.15, 0.2) is 0 Å². The number of hydrogen-bond donors (Lipinski definition) is 4. The standard InChI is InChI=1S/C3H7NO2S.H3N/c4-2(1-7)3(5)6;/h2,7H,1,4H2,(H,5,6);1H3/t2-;/m0./s1. The molecule has 0 saturated heterocycles. The Labute approximate surface area is 53.1 Å². The zero-order valence-corrected chi connectivity index (χ0v) is 5.27. The molecule has 0 aliphatic carbocycles. The third-order valence-electron chi connectivity index (χ3n) is 0.514. The highest BCUT2D eigenvalue weighted by molar-refractivity contribution is 7.80. The van der Waals surface area contributed by atoms with Gasteiger partial charge in [0, 0.05) is 5.75 Å². The lowest BCUT2D eigenvalue weighted by Crippen LogP contribution is -2.31. The van der Waals surface area contributed by atoms with Crippen molar-refractivity contribution >= 4 is 18.6 Å². The molecule has 5 heteroatoms. The number of rotatable bonds is 2. The zero-order chi connectivity index (χ0) is 5.86. The van der Waals surface area contributed by atoms with E-state index in [1.807, 2.05) is 0 Å². The summed E-state index contributed by atoms with van der Waals surface area (Å²) in [4.78, 5) is 9.76. The summed E-state index contributed by atoms with van der Waals surface area (Å²) in [5.41, 5.74) is 4.94. The van der Waals surface area contributed by atoms with Crippen LogP contribution in [0.15, 0.2) is 0 Å². The summed E-state index contributed by atoms with van der Waals surface area (Å²) < 4.78 is 0. The highest BCUT2D eigenvalue weighted by Gasteiger charge is 2.06. The Morgan fingerprint density at radius 3 is 2.25 bits per heavy atom. The first-order valence-electron chi connectivity index (χ1n) is 1.77. The van der Waals surface area contributed by atoms with E-state index in [4.69, 9.17) is 10.8 Å². The number of carboxylic acids is 1. The average molecular weight is 138 g/mol. The SMILES string of the molecule is N.N[C@@H](CS)C(=O)O. The van der Waals surface area contributed by atoms with Crippen LogP contribution in [0.1, 0.15) is 0 Å². The summed E-state index contributed by atoms with van der Waals surface area (Å²) in [6.07, 6.45) is 0. The summed E-state index contributed by atoms with van der Waals surface area (Å²) in [7, 11) is 0. The first kappa shape index (κ1) is 10.7. The minimum Gasteiger partial charge on any atom is -0.480 e. The van der Waals surface area contributed by atoms with Gasteiger partial charge in [-0.2, -0.15) is 12.6 Å². The van der Waals surface area contributed by atoms with Crippen LogP contribution in [0.5, 0.6) is 0 Å². The van der Waals surface area contributed by atoms with Crippen LogP contribution in [0.3, 0.4) is 0 Å². The van der Waals surface area contributed by atoms with E-state index in [1.54, 1.807) is 0 Å². The van der Waals surface area contributed by atoms with Gasteiger partial charge in [0.2, 0.25) is 0 Å². The topological polar surface area (TPSA) is 98.3 Å². The molecule has 0 bridgehead atoms. The van der Waals surface area contributed by atoms with Gasteiger partial charge in [-0.25, -0.2) is 0 Å². The molecule has 8 heavy (non-hydrogen) atoms. The lowest BCUT2D eigenvalue weighted by Gasteiger charge is -1.96. The van der Waals surface area contributed by atoms with Crippen molar-refractivity contribution < 1.29 is 9.90 Å². The van der Waals surface area contributed by atoms with E-state index in [2.05, 4.69) is 12.6 Å². The van der Waals surface area contributed by atoms with Crippen LogP contribution in [-0.4, -0.2) is 22.9 Å². The van der Waals surface area contributed by atoms with E-state index in [0.717, 1.165) is 0 Å². The number of thiol groups is 1. The number of aliphatic carboxylic acids is 1. The average Bonchev–Trinajstić information content (AvgIpc) is 1.65. The monoisotopic (exact) mass is 138 g/mol. The van der Waals surface area contributed by atoms with Gasteiger partial charge in [-0.1, -0.05) is 0 Å². The Kier molecular flexibility index (Phi) is 6.52. The van der Waals surface area contributed by atoms with E-state index >= 15 is 0 Å². The maximum Gasteiger partial charge on any atom is 0.321 e. The van der Waals surface area contributed by atoms with E-state index in [-0.39, 0.29) is 11.9 Å². The van der Waals surface area contributed by atoms with Crippen molar-refractivity contribution in [3.8, 4) is 0 Å². The molecule has 0 aromatic carbocycles. The lowest BCUT2D eigenvalue weighted by molar-refractivity contribution is -0.137. The number of carboxylic acid groups (broad SMARTS) is 1. The predicted molar refractivity (Wildman–Crippen MR) is 34.5 cm³/mol. The summed E-state index contributed by atoms with van der Waals surface area (Å²) >= 11 is 3.65. The maximum absolute atomic E-state index is 9.76. The second-order valence-electron chi connectivity index (χ2n) is 1.13. The third-order valence-corrected chi connectivity index (χ3v) is 0.907. The predicted octanol–water partition coefficient (Wildman–Crippen LogP) is -0.510. The van der Waals surface area contributed by atoms with E-state index in [1.165, 1.54) is 0 Å². The first-order chi connectivity index (χ1) is 3.18. The molecule has 0 rings (SSSR count). The van der Waals surface area contributed by atoms with Crippen molar-refractivity contribution in [3.05, 3.63) is 0 Å². The van der Waals surface area contributed by atoms with Crippen molar-refractivity contribution in [2.45, 2.75) is 6.04 Å². The molecule has 0 fully saturated rings. The van der Waals surface area contributed by atoms with Crippen molar-refractivity contribution in [3.63, 3.8) is 0 Å². The molecule has 0 saturated carbocycles. The second-order valence-corrected chi connectivity index (χ2v) is 1.49. The van der Waals surface area contributed by atoms with Crippen LogP contribution in [0.4, 0.5) is 0 Å². The van der Waals surface area contributed by atoms with Crippen LogP contribution in [0, 0.1) is 0 Å². The van der Waals surface area contributed by atoms with Crippen molar-refractivity contribution in [2.24, 2.45) is 5.73 Å². The molecule has 0 aliphatic heterocycles. The highest BCUT2D eigenvalue weighted by atomic mass is 32.1. The highest BCUT2D eigenvalue weighted by Crippen LogP contribution is 1.80. The Hall–Kier alpha value is -0.260. The normalized spacial score (nSPS) is 11.8. The van der Waals surface area contributed by atoms with Gasteiger partial charge in [-0.15, -0.1) is 0 Å². The van der Waals surface area contributed by atoms with Crippen molar-refractivity contribution in [1.82, 2.24) is 6.15 Å². The fourth-order valence-corrected chi connectivity index (χ4v) is 0.234. The summed E-state index contributed by atoms with van der Waals surface area (Å²) in [5, 5.41) is 8.01. The first-order valence-corrected chi connectivity index (χ1v) is 2.41. The van der Waals surface area contributed by atoms with Crippen LogP contribution < -0.4 is 11.9 Å². The number of nitrogens with two attached hydrogens (primary N) is 1. The van der Waals surface area contributed by atoms with Gasteiger partial charge in [0.25, 0.3) is 0 Å². The minimum absolute atomic E-state index is 0. The molecule has 0 radical (unpaired) electrons. The molecule has 0 aromatic rings. The Bertz CT molecular complexity index is 77.7. The summed E-state index contributed by atoms with van der Waals surface area (Å²) in [6, 6.07) is -0.816. The second kappa shape index (κ2) is 4.89. The molecule has 0 aromatic heterocycles. The largest absolute Gasteiger partial charge is 0.480 e. The summed E-state index contributed by atoms with van der Waals surface area (Å²) in [5.74, 6) is -0.815. The van der Waals surface area contributed by atoms with Gasteiger partial charge in [-0.3, -0.25) is 4.79 Å². The Morgan fingerprint density at radius 2 is 2.25 bits per heavy atom. The fourth-order valence-electron chi connectivity index (χ4n) is 0.0781. The van der Waals surface area contributed by atoms with Gasteiger partial charge in [0.1, 0.15) is 6.04 Å². The molecular formula is C3H10N2O2S. The van der Waals surface area contributed by atoms with Crippen LogP contribution >= 0.6 is 12.6 Å². The van der Waals surface area contributed by atoms with E-state index in [0.29, 0.717) is 0 Å². The van der Waals surface area contributed by atoms with Gasteiger partial charge in [-0.05, 0) is 0 Å². The quantitative estimate of drug-likeness (QED) is 0.386. The van der Waals surface area contributed by atoms with Crippen LogP contribution in [-0.2, 0) is 4.79 Å². The van der Waals surface area contributed by atoms with E-state index in [9.17, 15) is 4.79 Å². The molecule has 0 unspecified atom stereocenters. The van der Waals surface area contributed by atoms with Crippen LogP contribution in [0.2, 0.25) is 0 Å². The van der Waals surface area contributed by atoms with Crippen molar-refractivity contribution in [2.75, 3.05) is 5.75 Å². The third kappa shape index (κ3) is 3.91. The van der Waals surface area contributed by atoms with Gasteiger partial charge >= 0.3 is 5.97 Å².